The van der Waals surface area contributed by atoms with Crippen molar-refractivity contribution in [2.75, 3.05) is 7.05 Å². The molecule has 2 atom stereocenters. The molecule has 6 nitrogen and oxygen atoms in total. The molecule has 2 amide bonds. The summed E-state index contributed by atoms with van der Waals surface area (Å²) in [6.45, 7) is 5.29. The van der Waals surface area contributed by atoms with E-state index in [4.69, 9.17) is 4.74 Å². The SMILES string of the molecule is CC(C)[C@H](NC(=O)Cc1ccccc1)C(=O)O[C@H](C)C(=O)N(C)C1CCCCC1. The first-order valence-electron chi connectivity index (χ1n) is 10.6. The molecular weight excluding hydrogens is 368 g/mol. The monoisotopic (exact) mass is 402 g/mol. The van der Waals surface area contributed by atoms with Gasteiger partial charge in [0, 0.05) is 13.1 Å². The molecule has 0 spiro atoms. The van der Waals surface area contributed by atoms with Crippen LogP contribution >= 0.6 is 0 Å². The summed E-state index contributed by atoms with van der Waals surface area (Å²) in [5, 5.41) is 2.76. The molecule has 29 heavy (non-hydrogen) atoms. The minimum Gasteiger partial charge on any atom is -0.451 e. The van der Waals surface area contributed by atoms with Crippen LogP contribution in [-0.4, -0.2) is 47.9 Å². The van der Waals surface area contributed by atoms with Crippen LogP contribution in [0.5, 0.6) is 0 Å². The zero-order valence-electron chi connectivity index (χ0n) is 18.0. The third-order valence-corrected chi connectivity index (χ3v) is 5.56. The molecule has 0 aliphatic heterocycles. The number of rotatable bonds is 8. The van der Waals surface area contributed by atoms with Gasteiger partial charge in [-0.15, -0.1) is 0 Å². The Hall–Kier alpha value is -2.37. The molecule has 0 aromatic heterocycles. The molecule has 1 aromatic carbocycles. The molecule has 1 aliphatic carbocycles. The minimum atomic E-state index is -0.873. The van der Waals surface area contributed by atoms with Crippen molar-refractivity contribution in [3.63, 3.8) is 0 Å². The van der Waals surface area contributed by atoms with Crippen LogP contribution in [0.3, 0.4) is 0 Å². The van der Waals surface area contributed by atoms with Crippen molar-refractivity contribution >= 4 is 17.8 Å². The first kappa shape index (κ1) is 22.9. The number of benzene rings is 1. The fourth-order valence-corrected chi connectivity index (χ4v) is 3.74. The first-order valence-corrected chi connectivity index (χ1v) is 10.6. The average Bonchev–Trinajstić information content (AvgIpc) is 2.71. The number of carbonyl (C=O) groups is 3. The molecule has 0 bridgehead atoms. The quantitative estimate of drug-likeness (QED) is 0.678. The molecule has 1 aliphatic rings. The van der Waals surface area contributed by atoms with Crippen molar-refractivity contribution in [3.8, 4) is 0 Å². The molecular formula is C23H34N2O4. The number of nitrogens with one attached hydrogen (secondary N) is 1. The van der Waals surface area contributed by atoms with E-state index in [1.54, 1.807) is 18.9 Å². The molecule has 1 fully saturated rings. The van der Waals surface area contributed by atoms with Gasteiger partial charge in [-0.05, 0) is 31.2 Å². The highest BCUT2D eigenvalue weighted by molar-refractivity contribution is 5.88. The van der Waals surface area contributed by atoms with E-state index in [0.29, 0.717) is 0 Å². The highest BCUT2D eigenvalue weighted by Gasteiger charge is 2.31. The molecule has 2 rings (SSSR count). The van der Waals surface area contributed by atoms with Crippen molar-refractivity contribution < 1.29 is 19.1 Å². The third kappa shape index (κ3) is 6.87. The van der Waals surface area contributed by atoms with Crippen molar-refractivity contribution in [1.29, 1.82) is 0 Å². The fraction of sp³-hybridized carbons (Fsp3) is 0.609. The Bertz CT molecular complexity index is 683. The number of likely N-dealkylation sites (N-methyl/N-ethyl adjacent to an activating group) is 1. The Balaban J connectivity index is 1.91. The molecule has 0 radical (unpaired) electrons. The molecule has 0 unspecified atom stereocenters. The second kappa shape index (κ2) is 11.0. The highest BCUT2D eigenvalue weighted by atomic mass is 16.5. The number of ether oxygens (including phenoxy) is 1. The van der Waals surface area contributed by atoms with E-state index < -0.39 is 18.1 Å². The third-order valence-electron chi connectivity index (χ3n) is 5.56. The topological polar surface area (TPSA) is 75.7 Å². The van der Waals surface area contributed by atoms with E-state index in [0.717, 1.165) is 31.2 Å². The van der Waals surface area contributed by atoms with Crippen LogP contribution in [0, 0.1) is 5.92 Å². The van der Waals surface area contributed by atoms with Gasteiger partial charge in [0.05, 0.1) is 6.42 Å². The van der Waals surface area contributed by atoms with E-state index in [2.05, 4.69) is 5.32 Å². The second-order valence-corrected chi connectivity index (χ2v) is 8.27. The smallest absolute Gasteiger partial charge is 0.329 e. The maximum atomic E-state index is 12.7. The highest BCUT2D eigenvalue weighted by Crippen LogP contribution is 2.22. The number of nitrogens with zero attached hydrogens (tertiary/aromatic N) is 1. The van der Waals surface area contributed by atoms with E-state index >= 15 is 0 Å². The standard InChI is InChI=1S/C23H34N2O4/c1-16(2)21(24-20(26)15-18-11-7-5-8-12-18)23(28)29-17(3)22(27)25(4)19-13-9-6-10-14-19/h5,7-8,11-12,16-17,19,21H,6,9-10,13-15H2,1-4H3,(H,24,26)/t17-,21+/m1/s1. The summed E-state index contributed by atoms with van der Waals surface area (Å²) in [6, 6.07) is 8.78. The number of amides is 2. The normalized spacial score (nSPS) is 16.7. The van der Waals surface area contributed by atoms with E-state index in [9.17, 15) is 14.4 Å². The van der Waals surface area contributed by atoms with Gasteiger partial charge in [0.1, 0.15) is 6.04 Å². The Kier molecular flexibility index (Phi) is 8.68. The summed E-state index contributed by atoms with van der Waals surface area (Å²) in [7, 11) is 1.78. The summed E-state index contributed by atoms with van der Waals surface area (Å²) in [5.41, 5.74) is 0.874. The van der Waals surface area contributed by atoms with Gasteiger partial charge in [-0.1, -0.05) is 63.4 Å². The number of hydrogen-bond acceptors (Lipinski definition) is 4. The predicted molar refractivity (Wildman–Crippen MR) is 112 cm³/mol. The van der Waals surface area contributed by atoms with E-state index in [1.165, 1.54) is 6.42 Å². The Labute approximate surface area is 174 Å². The summed E-state index contributed by atoms with van der Waals surface area (Å²) in [6.07, 6.45) is 4.76. The summed E-state index contributed by atoms with van der Waals surface area (Å²) < 4.78 is 5.45. The maximum Gasteiger partial charge on any atom is 0.329 e. The summed E-state index contributed by atoms with van der Waals surface area (Å²) in [4.78, 5) is 39.5. The molecule has 1 aromatic rings. The molecule has 0 heterocycles. The summed E-state index contributed by atoms with van der Waals surface area (Å²) in [5.74, 6) is -1.16. The lowest BCUT2D eigenvalue weighted by atomic mass is 9.94. The van der Waals surface area contributed by atoms with E-state index in [1.807, 2.05) is 44.2 Å². The fourth-order valence-electron chi connectivity index (χ4n) is 3.74. The number of hydrogen-bond donors (Lipinski definition) is 1. The molecule has 0 saturated heterocycles. The zero-order valence-corrected chi connectivity index (χ0v) is 18.0. The maximum absolute atomic E-state index is 12.7. The average molecular weight is 403 g/mol. The number of carbonyl (C=O) groups excluding carboxylic acids is 3. The molecule has 6 heteroatoms. The zero-order chi connectivity index (χ0) is 21.4. The molecule has 160 valence electrons. The summed E-state index contributed by atoms with van der Waals surface area (Å²) >= 11 is 0. The van der Waals surface area contributed by atoms with Crippen LogP contribution in [-0.2, 0) is 25.5 Å². The van der Waals surface area contributed by atoms with Crippen LogP contribution in [0.25, 0.3) is 0 Å². The Morgan fingerprint density at radius 2 is 1.69 bits per heavy atom. The van der Waals surface area contributed by atoms with Gasteiger partial charge >= 0.3 is 5.97 Å². The van der Waals surface area contributed by atoms with Crippen LogP contribution in [0.1, 0.15) is 58.4 Å². The van der Waals surface area contributed by atoms with Crippen molar-refractivity contribution in [2.45, 2.75) is 77.5 Å². The first-order chi connectivity index (χ1) is 13.8. The van der Waals surface area contributed by atoms with Gasteiger partial charge in [-0.2, -0.15) is 0 Å². The van der Waals surface area contributed by atoms with Gasteiger partial charge in [-0.25, -0.2) is 4.79 Å². The predicted octanol–water partition coefficient (Wildman–Crippen LogP) is 3.09. The lowest BCUT2D eigenvalue weighted by Gasteiger charge is -2.33. The van der Waals surface area contributed by atoms with Gasteiger partial charge in [0.2, 0.25) is 5.91 Å². The van der Waals surface area contributed by atoms with Gasteiger partial charge in [0.15, 0.2) is 6.10 Å². The minimum absolute atomic E-state index is 0.152. The largest absolute Gasteiger partial charge is 0.451 e. The molecule has 1 saturated carbocycles. The van der Waals surface area contributed by atoms with E-state index in [-0.39, 0.29) is 30.2 Å². The number of esters is 1. The van der Waals surface area contributed by atoms with Crippen LogP contribution in [0.15, 0.2) is 30.3 Å². The molecule has 1 N–H and O–H groups in total. The Morgan fingerprint density at radius 3 is 2.28 bits per heavy atom. The van der Waals surface area contributed by atoms with Crippen LogP contribution in [0.4, 0.5) is 0 Å². The van der Waals surface area contributed by atoms with Crippen molar-refractivity contribution in [2.24, 2.45) is 5.92 Å². The van der Waals surface area contributed by atoms with Gasteiger partial charge in [-0.3, -0.25) is 9.59 Å². The van der Waals surface area contributed by atoms with Gasteiger partial charge < -0.3 is 15.0 Å². The van der Waals surface area contributed by atoms with Crippen molar-refractivity contribution in [3.05, 3.63) is 35.9 Å². The lowest BCUT2D eigenvalue weighted by molar-refractivity contribution is -0.162. The lowest BCUT2D eigenvalue weighted by Crippen LogP contribution is -2.49. The Morgan fingerprint density at radius 1 is 1.07 bits per heavy atom. The van der Waals surface area contributed by atoms with Crippen molar-refractivity contribution in [1.82, 2.24) is 10.2 Å². The van der Waals surface area contributed by atoms with Gasteiger partial charge in [0.25, 0.3) is 5.91 Å². The van der Waals surface area contributed by atoms with Crippen LogP contribution < -0.4 is 5.32 Å². The second-order valence-electron chi connectivity index (χ2n) is 8.27. The van der Waals surface area contributed by atoms with Crippen LogP contribution in [0.2, 0.25) is 0 Å².